The van der Waals surface area contributed by atoms with Crippen molar-refractivity contribution in [2.24, 2.45) is 11.7 Å². The molecule has 0 aromatic carbocycles. The van der Waals surface area contributed by atoms with Crippen molar-refractivity contribution < 1.29 is 9.59 Å². The number of carbonyl (C=O) groups is 2. The van der Waals surface area contributed by atoms with Crippen LogP contribution in [-0.4, -0.2) is 55.3 Å². The Morgan fingerprint density at radius 2 is 1.87 bits per heavy atom. The van der Waals surface area contributed by atoms with Gasteiger partial charge in [-0.15, -0.1) is 0 Å². The van der Waals surface area contributed by atoms with Gasteiger partial charge >= 0.3 is 0 Å². The average Bonchev–Trinajstić information content (AvgIpc) is 2.18. The number of rotatable bonds is 3. The van der Waals surface area contributed by atoms with Crippen LogP contribution < -0.4 is 5.73 Å². The number of primary amides is 1. The van der Waals surface area contributed by atoms with Crippen molar-refractivity contribution >= 4 is 11.8 Å². The molecule has 1 aliphatic rings. The van der Waals surface area contributed by atoms with Gasteiger partial charge in [-0.1, -0.05) is 0 Å². The first-order valence-corrected chi connectivity index (χ1v) is 5.22. The van der Waals surface area contributed by atoms with E-state index in [0.717, 1.165) is 25.9 Å². The van der Waals surface area contributed by atoms with E-state index in [0.29, 0.717) is 6.54 Å². The van der Waals surface area contributed by atoms with Crippen LogP contribution in [0.25, 0.3) is 0 Å². The second-order valence-electron chi connectivity index (χ2n) is 4.24. The monoisotopic (exact) mass is 213 g/mol. The second kappa shape index (κ2) is 5.11. The van der Waals surface area contributed by atoms with Crippen LogP contribution in [0.4, 0.5) is 0 Å². The maximum absolute atomic E-state index is 11.4. The Morgan fingerprint density at radius 3 is 2.27 bits per heavy atom. The SMILES string of the molecule is CN(C)C(=O)CN1CCC(C(N)=O)CC1. The van der Waals surface area contributed by atoms with Crippen molar-refractivity contribution in [1.29, 1.82) is 0 Å². The molecule has 0 atom stereocenters. The van der Waals surface area contributed by atoms with E-state index in [9.17, 15) is 9.59 Å². The minimum absolute atomic E-state index is 0.00397. The third kappa shape index (κ3) is 3.51. The zero-order chi connectivity index (χ0) is 11.4. The molecule has 0 unspecified atom stereocenters. The maximum atomic E-state index is 11.4. The van der Waals surface area contributed by atoms with E-state index in [1.807, 2.05) is 0 Å². The first-order chi connectivity index (χ1) is 7.00. The van der Waals surface area contributed by atoms with Crippen molar-refractivity contribution in [2.75, 3.05) is 33.7 Å². The standard InChI is InChI=1S/C10H19N3O2/c1-12(2)9(14)7-13-5-3-8(4-6-13)10(11)15/h8H,3-7H2,1-2H3,(H2,11,15). The second-order valence-corrected chi connectivity index (χ2v) is 4.24. The zero-order valence-corrected chi connectivity index (χ0v) is 9.40. The molecule has 5 heteroatoms. The van der Waals surface area contributed by atoms with Crippen molar-refractivity contribution in [3.63, 3.8) is 0 Å². The van der Waals surface area contributed by atoms with Crippen LogP contribution in [0, 0.1) is 5.92 Å². The van der Waals surface area contributed by atoms with E-state index in [1.165, 1.54) is 0 Å². The van der Waals surface area contributed by atoms with E-state index in [4.69, 9.17) is 5.73 Å². The Bertz CT molecular complexity index is 245. The summed E-state index contributed by atoms with van der Waals surface area (Å²) in [4.78, 5) is 26.0. The Labute approximate surface area is 90.2 Å². The molecule has 0 aromatic heterocycles. The van der Waals surface area contributed by atoms with Gasteiger partial charge in [0.1, 0.15) is 0 Å². The Morgan fingerprint density at radius 1 is 1.33 bits per heavy atom. The van der Waals surface area contributed by atoms with Crippen molar-refractivity contribution in [3.8, 4) is 0 Å². The molecule has 86 valence electrons. The fourth-order valence-corrected chi connectivity index (χ4v) is 1.71. The zero-order valence-electron chi connectivity index (χ0n) is 9.40. The molecule has 0 bridgehead atoms. The molecule has 0 spiro atoms. The van der Waals surface area contributed by atoms with E-state index in [2.05, 4.69) is 4.90 Å². The first-order valence-electron chi connectivity index (χ1n) is 5.22. The summed E-state index contributed by atoms with van der Waals surface area (Å²) in [6.45, 7) is 2.01. The highest BCUT2D eigenvalue weighted by Crippen LogP contribution is 2.16. The lowest BCUT2D eigenvalue weighted by atomic mass is 9.96. The summed E-state index contributed by atoms with van der Waals surface area (Å²) in [5.41, 5.74) is 5.23. The predicted octanol–water partition coefficient (Wildman–Crippen LogP) is -0.728. The van der Waals surface area contributed by atoms with Gasteiger partial charge in [0.05, 0.1) is 6.54 Å². The molecule has 1 heterocycles. The van der Waals surface area contributed by atoms with Crippen LogP contribution in [0.2, 0.25) is 0 Å². The molecule has 15 heavy (non-hydrogen) atoms. The van der Waals surface area contributed by atoms with Gasteiger partial charge in [-0.25, -0.2) is 0 Å². The van der Waals surface area contributed by atoms with Crippen molar-refractivity contribution in [1.82, 2.24) is 9.80 Å². The van der Waals surface area contributed by atoms with Gasteiger partial charge in [0.25, 0.3) is 0 Å². The van der Waals surface area contributed by atoms with Crippen LogP contribution in [0.3, 0.4) is 0 Å². The minimum Gasteiger partial charge on any atom is -0.369 e. The number of hydrogen-bond donors (Lipinski definition) is 1. The molecule has 2 N–H and O–H groups in total. The number of likely N-dealkylation sites (tertiary alicyclic amines) is 1. The van der Waals surface area contributed by atoms with Crippen molar-refractivity contribution in [3.05, 3.63) is 0 Å². The quantitative estimate of drug-likeness (QED) is 0.672. The molecule has 0 aromatic rings. The summed E-state index contributed by atoms with van der Waals surface area (Å²) in [7, 11) is 3.50. The van der Waals surface area contributed by atoms with Crippen LogP contribution in [0.5, 0.6) is 0 Å². The molecule has 0 radical (unpaired) electrons. The van der Waals surface area contributed by atoms with E-state index in [-0.39, 0.29) is 17.7 Å². The maximum Gasteiger partial charge on any atom is 0.236 e. The largest absolute Gasteiger partial charge is 0.369 e. The summed E-state index contributed by atoms with van der Waals surface area (Å²) in [5.74, 6) is -0.114. The topological polar surface area (TPSA) is 66.6 Å². The summed E-state index contributed by atoms with van der Waals surface area (Å²) >= 11 is 0. The fraction of sp³-hybridized carbons (Fsp3) is 0.800. The number of nitrogens with two attached hydrogens (primary N) is 1. The molecule has 1 saturated heterocycles. The molecule has 1 fully saturated rings. The lowest BCUT2D eigenvalue weighted by Crippen LogP contribution is -2.43. The highest BCUT2D eigenvalue weighted by molar-refractivity contribution is 5.78. The number of nitrogens with zero attached hydrogens (tertiary/aromatic N) is 2. The van der Waals surface area contributed by atoms with Gasteiger partial charge in [0, 0.05) is 20.0 Å². The summed E-state index contributed by atoms with van der Waals surface area (Å²) in [6.07, 6.45) is 1.55. The van der Waals surface area contributed by atoms with Gasteiger partial charge in [-0.05, 0) is 25.9 Å². The molecule has 5 nitrogen and oxygen atoms in total. The van der Waals surface area contributed by atoms with Crippen LogP contribution in [-0.2, 0) is 9.59 Å². The smallest absolute Gasteiger partial charge is 0.236 e. The van der Waals surface area contributed by atoms with Gasteiger partial charge in [0.15, 0.2) is 0 Å². The van der Waals surface area contributed by atoms with Gasteiger partial charge in [-0.3, -0.25) is 14.5 Å². The van der Waals surface area contributed by atoms with Crippen LogP contribution in [0.15, 0.2) is 0 Å². The summed E-state index contributed by atoms with van der Waals surface area (Å²) in [5, 5.41) is 0. The predicted molar refractivity (Wildman–Crippen MR) is 57.1 cm³/mol. The van der Waals surface area contributed by atoms with Crippen LogP contribution >= 0.6 is 0 Å². The molecule has 2 amide bonds. The molecule has 1 rings (SSSR count). The minimum atomic E-state index is -0.214. The van der Waals surface area contributed by atoms with Gasteiger partial charge in [0.2, 0.25) is 11.8 Å². The third-order valence-electron chi connectivity index (χ3n) is 2.85. The fourth-order valence-electron chi connectivity index (χ4n) is 1.71. The van der Waals surface area contributed by atoms with Crippen molar-refractivity contribution in [2.45, 2.75) is 12.8 Å². The van der Waals surface area contributed by atoms with E-state index < -0.39 is 0 Å². The highest BCUT2D eigenvalue weighted by Gasteiger charge is 2.24. The van der Waals surface area contributed by atoms with Crippen LogP contribution in [0.1, 0.15) is 12.8 Å². The lowest BCUT2D eigenvalue weighted by Gasteiger charge is -2.30. The molecule has 0 aliphatic carbocycles. The van der Waals surface area contributed by atoms with E-state index in [1.54, 1.807) is 19.0 Å². The lowest BCUT2D eigenvalue weighted by molar-refractivity contribution is -0.130. The Kier molecular flexibility index (Phi) is 4.08. The normalized spacial score (nSPS) is 18.8. The highest BCUT2D eigenvalue weighted by atomic mass is 16.2. The third-order valence-corrected chi connectivity index (χ3v) is 2.85. The summed E-state index contributed by atoms with van der Waals surface area (Å²) in [6, 6.07) is 0. The number of hydrogen-bond acceptors (Lipinski definition) is 3. The molecule has 1 aliphatic heterocycles. The molecular formula is C10H19N3O2. The Hall–Kier alpha value is -1.10. The Balaban J connectivity index is 2.32. The average molecular weight is 213 g/mol. The number of amides is 2. The number of carbonyl (C=O) groups excluding carboxylic acids is 2. The number of likely N-dealkylation sites (N-methyl/N-ethyl adjacent to an activating group) is 1. The first kappa shape index (κ1) is 12.0. The van der Waals surface area contributed by atoms with Gasteiger partial charge < -0.3 is 10.6 Å². The molecular weight excluding hydrogens is 194 g/mol. The summed E-state index contributed by atoms with van der Waals surface area (Å²) < 4.78 is 0. The van der Waals surface area contributed by atoms with E-state index >= 15 is 0 Å². The number of piperidine rings is 1. The van der Waals surface area contributed by atoms with Gasteiger partial charge in [-0.2, -0.15) is 0 Å². The molecule has 0 saturated carbocycles.